The molecule has 3 heteroatoms. The highest BCUT2D eigenvalue weighted by atomic mass is 16.2. The number of piperidine rings is 1. The van der Waals surface area contributed by atoms with Crippen LogP contribution in [0.25, 0.3) is 0 Å². The third-order valence-corrected chi connectivity index (χ3v) is 4.21. The Morgan fingerprint density at radius 3 is 2.71 bits per heavy atom. The van der Waals surface area contributed by atoms with Gasteiger partial charge in [-0.3, -0.25) is 4.79 Å². The number of rotatable bonds is 0. The van der Waals surface area contributed by atoms with Crippen LogP contribution < -0.4 is 5.32 Å². The number of nitrogens with one attached hydrogen (secondary N) is 1. The van der Waals surface area contributed by atoms with Gasteiger partial charge in [0.25, 0.3) is 0 Å². The first-order valence-corrected chi connectivity index (χ1v) is 6.23. The molecule has 0 aliphatic carbocycles. The summed E-state index contributed by atoms with van der Waals surface area (Å²) in [5.74, 6) is 0.200. The second-order valence-corrected chi connectivity index (χ2v) is 5.39. The zero-order valence-corrected chi connectivity index (χ0v) is 10.4. The molecule has 0 saturated carbocycles. The van der Waals surface area contributed by atoms with Gasteiger partial charge in [-0.1, -0.05) is 12.1 Å². The van der Waals surface area contributed by atoms with Gasteiger partial charge in [0.05, 0.1) is 5.41 Å². The van der Waals surface area contributed by atoms with Gasteiger partial charge in [-0.2, -0.15) is 0 Å². The number of amides is 1. The lowest BCUT2D eigenvalue weighted by molar-refractivity contribution is -0.122. The van der Waals surface area contributed by atoms with E-state index in [1.54, 1.807) is 0 Å². The monoisotopic (exact) mass is 230 g/mol. The number of aryl methyl sites for hydroxylation is 1. The maximum atomic E-state index is 12.3. The number of fused-ring (bicyclic) bond motifs is 2. The van der Waals surface area contributed by atoms with E-state index in [9.17, 15) is 4.79 Å². The number of likely N-dealkylation sites (tertiary alicyclic amines) is 1. The van der Waals surface area contributed by atoms with E-state index in [2.05, 4.69) is 42.4 Å². The van der Waals surface area contributed by atoms with E-state index in [1.807, 2.05) is 0 Å². The van der Waals surface area contributed by atoms with Gasteiger partial charge in [-0.05, 0) is 57.1 Å². The van der Waals surface area contributed by atoms with Crippen molar-refractivity contribution < 1.29 is 4.79 Å². The van der Waals surface area contributed by atoms with E-state index >= 15 is 0 Å². The Morgan fingerprint density at radius 2 is 2.00 bits per heavy atom. The number of benzene rings is 1. The predicted octanol–water partition coefficient (Wildman–Crippen LogP) is 1.91. The first-order chi connectivity index (χ1) is 8.12. The lowest BCUT2D eigenvalue weighted by Gasteiger charge is -2.36. The van der Waals surface area contributed by atoms with E-state index in [0.717, 1.165) is 31.6 Å². The van der Waals surface area contributed by atoms with Gasteiger partial charge in [0.2, 0.25) is 5.91 Å². The molecular weight excluding hydrogens is 212 g/mol. The fraction of sp³-hybridized carbons (Fsp3) is 0.500. The highest BCUT2D eigenvalue weighted by Gasteiger charge is 2.47. The Morgan fingerprint density at radius 1 is 1.29 bits per heavy atom. The van der Waals surface area contributed by atoms with Crippen molar-refractivity contribution in [1.82, 2.24) is 4.90 Å². The smallest absolute Gasteiger partial charge is 0.235 e. The maximum Gasteiger partial charge on any atom is 0.235 e. The molecule has 3 nitrogen and oxygen atoms in total. The normalized spacial score (nSPS) is 22.6. The number of hydrogen-bond acceptors (Lipinski definition) is 2. The molecule has 0 atom stereocenters. The van der Waals surface area contributed by atoms with E-state index in [1.165, 1.54) is 11.1 Å². The van der Waals surface area contributed by atoms with Crippen LogP contribution in [0, 0.1) is 6.92 Å². The minimum atomic E-state index is -0.254. The quantitative estimate of drug-likeness (QED) is 0.738. The lowest BCUT2D eigenvalue weighted by atomic mass is 9.73. The van der Waals surface area contributed by atoms with Gasteiger partial charge in [-0.15, -0.1) is 0 Å². The first kappa shape index (κ1) is 10.8. The summed E-state index contributed by atoms with van der Waals surface area (Å²) in [5, 5.41) is 3.06. The number of hydrogen-bond donors (Lipinski definition) is 1. The van der Waals surface area contributed by atoms with Crippen molar-refractivity contribution in [3.05, 3.63) is 29.3 Å². The summed E-state index contributed by atoms with van der Waals surface area (Å²) in [7, 11) is 2.12. The van der Waals surface area contributed by atoms with Crippen molar-refractivity contribution in [3.63, 3.8) is 0 Å². The Balaban J connectivity index is 2.05. The van der Waals surface area contributed by atoms with Gasteiger partial charge in [0, 0.05) is 5.69 Å². The van der Waals surface area contributed by atoms with Crippen molar-refractivity contribution in [2.24, 2.45) is 0 Å². The van der Waals surface area contributed by atoms with Crippen molar-refractivity contribution in [2.75, 3.05) is 25.5 Å². The van der Waals surface area contributed by atoms with Crippen LogP contribution in [-0.4, -0.2) is 30.9 Å². The molecule has 2 aliphatic rings. The molecule has 0 aromatic heterocycles. The molecular formula is C14H18N2O. The second-order valence-electron chi connectivity index (χ2n) is 5.39. The summed E-state index contributed by atoms with van der Waals surface area (Å²) in [4.78, 5) is 14.6. The summed E-state index contributed by atoms with van der Waals surface area (Å²) in [6, 6.07) is 6.33. The second kappa shape index (κ2) is 3.57. The molecule has 17 heavy (non-hydrogen) atoms. The van der Waals surface area contributed by atoms with Crippen LogP contribution in [0.4, 0.5) is 5.69 Å². The van der Waals surface area contributed by atoms with E-state index in [4.69, 9.17) is 0 Å². The maximum absolute atomic E-state index is 12.3. The first-order valence-electron chi connectivity index (χ1n) is 6.23. The van der Waals surface area contributed by atoms with Gasteiger partial charge in [0.1, 0.15) is 0 Å². The molecule has 1 aromatic rings. The van der Waals surface area contributed by atoms with Crippen molar-refractivity contribution in [3.8, 4) is 0 Å². The molecule has 2 aliphatic heterocycles. The molecule has 3 rings (SSSR count). The SMILES string of the molecule is Cc1ccc2c(c1)NC(=O)C21CCN(C)CC1. The molecule has 0 bridgehead atoms. The van der Waals surface area contributed by atoms with Crippen LogP contribution in [0.3, 0.4) is 0 Å². The van der Waals surface area contributed by atoms with Crippen molar-refractivity contribution in [2.45, 2.75) is 25.2 Å². The van der Waals surface area contributed by atoms with Gasteiger partial charge in [0.15, 0.2) is 0 Å². The topological polar surface area (TPSA) is 32.3 Å². The predicted molar refractivity (Wildman–Crippen MR) is 68.2 cm³/mol. The minimum Gasteiger partial charge on any atom is -0.325 e. The summed E-state index contributed by atoms with van der Waals surface area (Å²) in [5.41, 5.74) is 3.19. The highest BCUT2D eigenvalue weighted by Crippen LogP contribution is 2.44. The molecule has 2 heterocycles. The third kappa shape index (κ3) is 1.49. The summed E-state index contributed by atoms with van der Waals surface area (Å²) in [6.45, 7) is 4.06. The minimum absolute atomic E-state index is 0.200. The summed E-state index contributed by atoms with van der Waals surface area (Å²) >= 11 is 0. The fourth-order valence-electron chi connectivity index (χ4n) is 3.04. The Kier molecular flexibility index (Phi) is 2.26. The fourth-order valence-corrected chi connectivity index (χ4v) is 3.04. The molecule has 1 spiro atoms. The summed E-state index contributed by atoms with van der Waals surface area (Å²) in [6.07, 6.45) is 1.87. The van der Waals surface area contributed by atoms with Crippen LogP contribution in [0.2, 0.25) is 0 Å². The van der Waals surface area contributed by atoms with E-state index < -0.39 is 0 Å². The van der Waals surface area contributed by atoms with Crippen LogP contribution >= 0.6 is 0 Å². The molecule has 1 saturated heterocycles. The largest absolute Gasteiger partial charge is 0.325 e. The Labute approximate surface area is 102 Å². The van der Waals surface area contributed by atoms with Gasteiger partial charge in [-0.25, -0.2) is 0 Å². The third-order valence-electron chi connectivity index (χ3n) is 4.21. The molecule has 1 amide bonds. The molecule has 0 radical (unpaired) electrons. The molecule has 1 N–H and O–H groups in total. The molecule has 0 unspecified atom stereocenters. The highest BCUT2D eigenvalue weighted by molar-refractivity contribution is 6.06. The standard InChI is InChI=1S/C14H18N2O/c1-10-3-4-11-12(9-10)15-13(17)14(11)5-7-16(2)8-6-14/h3-4,9H,5-8H2,1-2H3,(H,15,17). The average Bonchev–Trinajstić information content (AvgIpc) is 2.55. The van der Waals surface area contributed by atoms with Crippen molar-refractivity contribution >= 4 is 11.6 Å². The van der Waals surface area contributed by atoms with E-state index in [0.29, 0.717) is 0 Å². The number of nitrogens with zero attached hydrogens (tertiary/aromatic N) is 1. The van der Waals surface area contributed by atoms with Crippen LogP contribution in [-0.2, 0) is 10.2 Å². The van der Waals surface area contributed by atoms with Crippen LogP contribution in [0.1, 0.15) is 24.0 Å². The zero-order valence-electron chi connectivity index (χ0n) is 10.4. The van der Waals surface area contributed by atoms with Gasteiger partial charge < -0.3 is 10.2 Å². The molecule has 90 valence electrons. The molecule has 1 fully saturated rings. The van der Waals surface area contributed by atoms with Crippen LogP contribution in [0.5, 0.6) is 0 Å². The lowest BCUT2D eigenvalue weighted by Crippen LogP contribution is -2.45. The average molecular weight is 230 g/mol. The zero-order chi connectivity index (χ0) is 12.0. The van der Waals surface area contributed by atoms with Crippen LogP contribution in [0.15, 0.2) is 18.2 Å². The van der Waals surface area contributed by atoms with Crippen molar-refractivity contribution in [1.29, 1.82) is 0 Å². The summed E-state index contributed by atoms with van der Waals surface area (Å²) < 4.78 is 0. The van der Waals surface area contributed by atoms with E-state index in [-0.39, 0.29) is 11.3 Å². The Bertz CT molecular complexity index is 473. The Hall–Kier alpha value is -1.35. The van der Waals surface area contributed by atoms with Gasteiger partial charge >= 0.3 is 0 Å². The number of carbonyl (C=O) groups is 1. The molecule has 1 aromatic carbocycles. The number of carbonyl (C=O) groups excluding carboxylic acids is 1. The number of anilines is 1.